The Morgan fingerprint density at radius 2 is 0.526 bits per heavy atom. The fraction of sp³-hybridized carbons (Fsp3) is 0.769. The normalized spacial score (nSPS) is 20.3. The molecule has 0 aliphatic heterocycles. The van der Waals surface area contributed by atoms with E-state index in [0.29, 0.717) is 0 Å². The van der Waals surface area contributed by atoms with Crippen LogP contribution in [0.5, 0.6) is 0 Å². The second kappa shape index (κ2) is 22.8. The maximum absolute atomic E-state index is 4.81. The molecule has 0 amide bonds. The molecular weight excluding hydrogens is 864 g/mol. The zero-order valence-electron chi connectivity index (χ0n) is 38.9. The van der Waals surface area contributed by atoms with Gasteiger partial charge in [-0.25, -0.2) is 0 Å². The third-order valence-corrected chi connectivity index (χ3v) is 20.7. The Labute approximate surface area is 373 Å². The summed E-state index contributed by atoms with van der Waals surface area (Å²) in [5, 5.41) is 3.50. The molecule has 0 aromatic heterocycles. The molecule has 4 aliphatic carbocycles. The van der Waals surface area contributed by atoms with E-state index in [1.807, 2.05) is 0 Å². The molecule has 57 heavy (non-hydrogen) atoms. The van der Waals surface area contributed by atoms with Gasteiger partial charge in [-0.15, -0.1) is 0 Å². The van der Waals surface area contributed by atoms with Gasteiger partial charge in [0.2, 0.25) is 0 Å². The maximum atomic E-state index is 4.81. The van der Waals surface area contributed by atoms with Crippen LogP contribution >= 0.6 is 34.9 Å². The van der Waals surface area contributed by atoms with Gasteiger partial charge in [-0.2, -0.15) is 0 Å². The molecule has 2 aromatic rings. The molecule has 4 fully saturated rings. The van der Waals surface area contributed by atoms with Gasteiger partial charge in [0.1, 0.15) is 0 Å². The van der Waals surface area contributed by atoms with E-state index in [1.165, 1.54) is 128 Å². The molecule has 0 saturated heterocycles. The fourth-order valence-electron chi connectivity index (χ4n) is 10.1. The van der Waals surface area contributed by atoms with Crippen molar-refractivity contribution in [3.63, 3.8) is 0 Å². The molecule has 5 heteroatoms. The molecular formula is C52H86Cl2P2Pd. The first-order valence-corrected chi connectivity index (χ1v) is 30.4. The van der Waals surface area contributed by atoms with Crippen LogP contribution in [0.1, 0.15) is 234 Å². The number of hydrogen-bond donors (Lipinski definition) is 0. The van der Waals surface area contributed by atoms with Crippen LogP contribution in [0, 0.1) is 0 Å². The molecule has 0 N–H and O–H groups in total. The topological polar surface area (TPSA) is 0 Å². The summed E-state index contributed by atoms with van der Waals surface area (Å²) in [5.41, 5.74) is 11.1. The summed E-state index contributed by atoms with van der Waals surface area (Å²) in [6.07, 6.45) is 29.6. The van der Waals surface area contributed by atoms with E-state index in [4.69, 9.17) is 19.1 Å². The van der Waals surface area contributed by atoms with Gasteiger partial charge in [0, 0.05) is 0 Å². The van der Waals surface area contributed by atoms with Crippen molar-refractivity contribution in [3.8, 4) is 0 Å². The number of halogens is 2. The third-order valence-electron chi connectivity index (χ3n) is 13.8. The molecule has 0 heterocycles. The average molecular weight is 951 g/mol. The van der Waals surface area contributed by atoms with Gasteiger partial charge in [-0.3, -0.25) is 0 Å². The second-order valence-electron chi connectivity index (χ2n) is 22.6. The molecule has 0 atom stereocenters. The van der Waals surface area contributed by atoms with E-state index in [9.17, 15) is 0 Å². The van der Waals surface area contributed by atoms with E-state index in [1.54, 1.807) is 32.9 Å². The molecule has 0 nitrogen and oxygen atoms in total. The quantitative estimate of drug-likeness (QED) is 0.200. The predicted octanol–water partition coefficient (Wildman–Crippen LogP) is 17.5. The van der Waals surface area contributed by atoms with Crippen LogP contribution in [0.2, 0.25) is 0 Å². The minimum absolute atomic E-state index is 0.0188. The van der Waals surface area contributed by atoms with Gasteiger partial charge in [-0.1, -0.05) is 212 Å². The average Bonchev–Trinajstić information content (AvgIpc) is 3.16. The molecule has 0 spiro atoms. The van der Waals surface area contributed by atoms with Gasteiger partial charge in [0.15, 0.2) is 0 Å². The van der Waals surface area contributed by atoms with Gasteiger partial charge in [0.25, 0.3) is 0 Å². The summed E-state index contributed by atoms with van der Waals surface area (Å²) in [6.45, 7) is 28.7. The van der Waals surface area contributed by atoms with E-state index >= 15 is 0 Å². The number of hydrogen-bond acceptors (Lipinski definition) is 0. The zero-order valence-corrected chi connectivity index (χ0v) is 43.7. The standard InChI is InChI=1S/2C26H43P.2ClH.Pd/c2*1-25(2,3)20-17-21(26(4,5)6)19-24(18-20)27(22-13-9-7-10-14-22)23-15-11-8-12-16-23;;;/h2*17-19,22-23H,7-16H2,1-6H3;2*1H;/q;;;;+2/p-2. The Kier molecular flexibility index (Phi) is 20.0. The van der Waals surface area contributed by atoms with Crippen molar-refractivity contribution in [1.82, 2.24) is 0 Å². The van der Waals surface area contributed by atoms with Crippen LogP contribution in [0.3, 0.4) is 0 Å². The second-order valence-corrected chi connectivity index (χ2v) is 30.5. The SMILES string of the molecule is CC(C)(C)c1cc(P(C2CCCCC2)C2CCCCC2)cc(C(C)(C)C)c1.CC(C)(C)c1cc(P(C2CCCCC2)C2CCCCC2)cc(C(C)(C)C)c1.[Cl][Pd][Cl]. The minimum atomic E-state index is -0.106. The van der Waals surface area contributed by atoms with Crippen molar-refractivity contribution in [2.75, 3.05) is 0 Å². The van der Waals surface area contributed by atoms with Crippen molar-refractivity contribution < 1.29 is 15.9 Å². The molecule has 4 aliphatic rings. The predicted molar refractivity (Wildman–Crippen MR) is 260 cm³/mol. The Morgan fingerprint density at radius 3 is 0.684 bits per heavy atom. The summed E-state index contributed by atoms with van der Waals surface area (Å²) in [4.78, 5) is 0. The van der Waals surface area contributed by atoms with Gasteiger partial charge in [-0.05, 0) is 129 Å². The zero-order chi connectivity index (χ0) is 42.0. The molecule has 328 valence electrons. The van der Waals surface area contributed by atoms with Crippen LogP contribution in [-0.4, -0.2) is 22.6 Å². The van der Waals surface area contributed by atoms with Crippen molar-refractivity contribution in [2.24, 2.45) is 0 Å². The molecule has 2 aromatic carbocycles. The first-order chi connectivity index (χ1) is 26.7. The Bertz CT molecular complexity index is 1260. The summed E-state index contributed by atoms with van der Waals surface area (Å²) in [5.74, 6) is 0. The fourth-order valence-corrected chi connectivity index (χ4v) is 17.8. The van der Waals surface area contributed by atoms with Crippen LogP contribution in [0.4, 0.5) is 0 Å². The van der Waals surface area contributed by atoms with Crippen LogP contribution in [0.25, 0.3) is 0 Å². The monoisotopic (exact) mass is 948 g/mol. The van der Waals surface area contributed by atoms with Gasteiger partial charge < -0.3 is 0 Å². The van der Waals surface area contributed by atoms with E-state index in [2.05, 4.69) is 119 Å². The van der Waals surface area contributed by atoms with Crippen LogP contribution in [0.15, 0.2) is 36.4 Å². The molecule has 6 rings (SSSR count). The summed E-state index contributed by atoms with van der Waals surface area (Å²) < 4.78 is 0. The van der Waals surface area contributed by atoms with Crippen LogP contribution in [-0.2, 0) is 37.6 Å². The van der Waals surface area contributed by atoms with E-state index in [-0.39, 0.29) is 53.4 Å². The van der Waals surface area contributed by atoms with Gasteiger partial charge >= 0.3 is 35.0 Å². The summed E-state index contributed by atoms with van der Waals surface area (Å²) >= 11 is -0.106. The number of rotatable bonds is 6. The first kappa shape index (κ1) is 50.2. The van der Waals surface area contributed by atoms with E-state index in [0.717, 1.165) is 22.6 Å². The van der Waals surface area contributed by atoms with Crippen molar-refractivity contribution in [3.05, 3.63) is 58.7 Å². The van der Waals surface area contributed by atoms with Gasteiger partial charge in [0.05, 0.1) is 0 Å². The first-order valence-electron chi connectivity index (χ1n) is 23.4. The van der Waals surface area contributed by atoms with Crippen molar-refractivity contribution >= 4 is 45.5 Å². The number of benzene rings is 2. The molecule has 0 unspecified atom stereocenters. The Hall–Kier alpha value is 0.542. The van der Waals surface area contributed by atoms with E-state index < -0.39 is 0 Å². The molecule has 0 radical (unpaired) electrons. The van der Waals surface area contributed by atoms with Crippen LogP contribution < -0.4 is 10.6 Å². The summed E-state index contributed by atoms with van der Waals surface area (Å²) in [6, 6.07) is 15.6. The van der Waals surface area contributed by atoms with Crippen molar-refractivity contribution in [2.45, 2.75) is 256 Å². The Morgan fingerprint density at radius 1 is 0.351 bits per heavy atom. The van der Waals surface area contributed by atoms with Crippen molar-refractivity contribution in [1.29, 1.82) is 0 Å². The summed E-state index contributed by atoms with van der Waals surface area (Å²) in [7, 11) is 9.59. The Balaban J connectivity index is 0.000000236. The molecule has 0 bridgehead atoms. The third kappa shape index (κ3) is 15.4. The molecule has 4 saturated carbocycles.